The monoisotopic (exact) mass is 478 g/mol. The van der Waals surface area contributed by atoms with Crippen molar-refractivity contribution in [1.29, 1.82) is 0 Å². The smallest absolute Gasteiger partial charge is 0.408 e. The summed E-state index contributed by atoms with van der Waals surface area (Å²) in [5.74, 6) is -1.92. The maximum absolute atomic E-state index is 13.6. The van der Waals surface area contributed by atoms with Crippen LogP contribution in [0.1, 0.15) is 43.2 Å². The molecule has 2 aliphatic heterocycles. The lowest BCUT2D eigenvalue weighted by Gasteiger charge is -2.42. The van der Waals surface area contributed by atoms with E-state index in [0.29, 0.717) is 32.4 Å². The zero-order valence-corrected chi connectivity index (χ0v) is 19.7. The second-order valence-electron chi connectivity index (χ2n) is 9.66. The molecule has 0 bridgehead atoms. The van der Waals surface area contributed by atoms with Gasteiger partial charge in [-0.3, -0.25) is 9.59 Å². The molecule has 2 heterocycles. The summed E-state index contributed by atoms with van der Waals surface area (Å²) in [5.41, 5.74) is 3.24. The molecule has 2 aromatic rings. The highest BCUT2D eigenvalue weighted by Crippen LogP contribution is 2.44. The minimum atomic E-state index is -1.25. The summed E-state index contributed by atoms with van der Waals surface area (Å²) < 4.78 is 11.2. The molecule has 1 aliphatic carbocycles. The van der Waals surface area contributed by atoms with Gasteiger partial charge < -0.3 is 24.8 Å². The molecule has 0 aromatic heterocycles. The fourth-order valence-corrected chi connectivity index (χ4v) is 5.75. The topological polar surface area (TPSA) is 105 Å². The van der Waals surface area contributed by atoms with Crippen molar-refractivity contribution in [2.45, 2.75) is 43.7 Å². The molecule has 1 unspecified atom stereocenters. The largest absolute Gasteiger partial charge is 0.481 e. The van der Waals surface area contributed by atoms with Crippen molar-refractivity contribution in [3.05, 3.63) is 59.7 Å². The molecule has 8 heteroatoms. The van der Waals surface area contributed by atoms with Crippen LogP contribution in [0.4, 0.5) is 4.79 Å². The third-order valence-electron chi connectivity index (χ3n) is 7.68. The maximum atomic E-state index is 13.6. The fraction of sp³-hybridized carbons (Fsp3) is 0.444. The first kappa shape index (κ1) is 23.4. The van der Waals surface area contributed by atoms with Gasteiger partial charge in [0.05, 0.1) is 12.5 Å². The van der Waals surface area contributed by atoms with Crippen molar-refractivity contribution in [3.63, 3.8) is 0 Å². The van der Waals surface area contributed by atoms with Crippen LogP contribution in [0.25, 0.3) is 11.1 Å². The van der Waals surface area contributed by atoms with Crippen molar-refractivity contribution in [1.82, 2.24) is 10.2 Å². The summed E-state index contributed by atoms with van der Waals surface area (Å²) in [6.45, 7) is 2.73. The molecule has 8 nitrogen and oxygen atoms in total. The highest BCUT2D eigenvalue weighted by molar-refractivity contribution is 5.91. The first-order valence-electron chi connectivity index (χ1n) is 12.2. The van der Waals surface area contributed by atoms with E-state index in [4.69, 9.17) is 9.47 Å². The van der Waals surface area contributed by atoms with Crippen LogP contribution in [0.2, 0.25) is 0 Å². The van der Waals surface area contributed by atoms with Gasteiger partial charge >= 0.3 is 12.1 Å². The van der Waals surface area contributed by atoms with Gasteiger partial charge in [0, 0.05) is 31.5 Å². The van der Waals surface area contributed by atoms with Crippen molar-refractivity contribution < 1.29 is 29.0 Å². The van der Waals surface area contributed by atoms with Crippen LogP contribution >= 0.6 is 0 Å². The van der Waals surface area contributed by atoms with Crippen LogP contribution in [-0.4, -0.2) is 65.9 Å². The highest BCUT2D eigenvalue weighted by atomic mass is 16.6. The number of carboxylic acid groups (broad SMARTS) is 1. The molecule has 2 saturated heterocycles. The number of fused-ring (bicyclic) bond motifs is 3. The van der Waals surface area contributed by atoms with Crippen LogP contribution in [0, 0.1) is 5.92 Å². The molecule has 2 amide bonds. The quantitative estimate of drug-likeness (QED) is 0.683. The average molecular weight is 479 g/mol. The minimum Gasteiger partial charge on any atom is -0.481 e. The highest BCUT2D eigenvalue weighted by Gasteiger charge is 2.49. The Hall–Kier alpha value is -3.39. The van der Waals surface area contributed by atoms with Crippen molar-refractivity contribution >= 4 is 18.0 Å². The Kier molecular flexibility index (Phi) is 6.23. The Morgan fingerprint density at radius 1 is 1.11 bits per heavy atom. The number of likely N-dealkylation sites (tertiary alicyclic amines) is 1. The van der Waals surface area contributed by atoms with E-state index in [-0.39, 0.29) is 25.0 Å². The summed E-state index contributed by atoms with van der Waals surface area (Å²) in [6, 6.07) is 15.7. The number of amides is 2. The standard InChI is InChI=1S/C27H30N2O6/c1-17-18(24(30)31)11-6-13-29(17)25(32)27(12-14-34-16-27)28-26(33)35-15-23-21-9-4-2-7-19(21)20-8-3-5-10-22(20)23/h2-5,7-10,17-18,23H,6,11-16H2,1H3,(H,28,33)(H,30,31)/t17-,18-,27?/m0/s1. The molecular formula is C27H30N2O6. The molecule has 0 spiro atoms. The number of piperidine rings is 1. The number of carbonyl (C=O) groups is 3. The van der Waals surface area contributed by atoms with E-state index in [2.05, 4.69) is 17.4 Å². The van der Waals surface area contributed by atoms with Crippen LogP contribution < -0.4 is 5.32 Å². The predicted molar refractivity (Wildman–Crippen MR) is 128 cm³/mol. The van der Waals surface area contributed by atoms with Gasteiger partial charge in [-0.25, -0.2) is 4.79 Å². The Labute approximate surface area is 204 Å². The van der Waals surface area contributed by atoms with Gasteiger partial charge in [0.1, 0.15) is 12.1 Å². The number of nitrogens with zero attached hydrogens (tertiary/aromatic N) is 1. The van der Waals surface area contributed by atoms with Crippen LogP contribution in [-0.2, 0) is 19.1 Å². The second-order valence-corrected chi connectivity index (χ2v) is 9.66. The van der Waals surface area contributed by atoms with Crippen molar-refractivity contribution in [2.24, 2.45) is 5.92 Å². The molecule has 35 heavy (non-hydrogen) atoms. The molecule has 3 aliphatic rings. The number of nitrogens with one attached hydrogen (secondary N) is 1. The molecule has 5 rings (SSSR count). The molecule has 2 N–H and O–H groups in total. The Morgan fingerprint density at radius 3 is 2.37 bits per heavy atom. The van der Waals surface area contributed by atoms with Gasteiger partial charge in [-0.2, -0.15) is 0 Å². The Balaban J connectivity index is 1.30. The van der Waals surface area contributed by atoms with Gasteiger partial charge in [0.15, 0.2) is 0 Å². The molecule has 2 fully saturated rings. The van der Waals surface area contributed by atoms with Crippen molar-refractivity contribution in [3.8, 4) is 11.1 Å². The van der Waals surface area contributed by atoms with Crippen molar-refractivity contribution in [2.75, 3.05) is 26.4 Å². The third-order valence-corrected chi connectivity index (χ3v) is 7.68. The van der Waals surface area contributed by atoms with E-state index < -0.39 is 29.6 Å². The molecular weight excluding hydrogens is 448 g/mol. The number of hydrogen-bond acceptors (Lipinski definition) is 5. The molecule has 0 radical (unpaired) electrons. The maximum Gasteiger partial charge on any atom is 0.408 e. The third kappa shape index (κ3) is 4.16. The predicted octanol–water partition coefficient (Wildman–Crippen LogP) is 3.40. The number of ether oxygens (including phenoxy) is 2. The number of hydrogen-bond donors (Lipinski definition) is 2. The van der Waals surface area contributed by atoms with Crippen LogP contribution in [0.15, 0.2) is 48.5 Å². The van der Waals surface area contributed by atoms with E-state index in [1.807, 2.05) is 36.4 Å². The Bertz CT molecular complexity index is 1100. The number of benzene rings is 2. The van der Waals surface area contributed by atoms with E-state index >= 15 is 0 Å². The van der Waals surface area contributed by atoms with Gasteiger partial charge in [0.2, 0.25) is 0 Å². The summed E-state index contributed by atoms with van der Waals surface area (Å²) in [7, 11) is 0. The van der Waals surface area contributed by atoms with Gasteiger partial charge in [-0.15, -0.1) is 0 Å². The van der Waals surface area contributed by atoms with E-state index in [9.17, 15) is 19.5 Å². The van der Waals surface area contributed by atoms with Crippen LogP contribution in [0.5, 0.6) is 0 Å². The van der Waals surface area contributed by atoms with E-state index in [1.165, 1.54) is 0 Å². The van der Waals surface area contributed by atoms with E-state index in [1.54, 1.807) is 11.8 Å². The summed E-state index contributed by atoms with van der Waals surface area (Å²) >= 11 is 0. The molecule has 184 valence electrons. The first-order chi connectivity index (χ1) is 16.9. The number of rotatable bonds is 5. The van der Waals surface area contributed by atoms with Gasteiger partial charge in [-0.1, -0.05) is 48.5 Å². The normalized spacial score (nSPS) is 25.6. The molecule has 3 atom stereocenters. The number of carboxylic acids is 1. The Morgan fingerprint density at radius 2 is 1.77 bits per heavy atom. The molecule has 0 saturated carbocycles. The van der Waals surface area contributed by atoms with Gasteiger partial charge in [-0.05, 0) is 42.0 Å². The molecule has 2 aromatic carbocycles. The lowest BCUT2D eigenvalue weighted by Crippen LogP contribution is -2.63. The van der Waals surface area contributed by atoms with Gasteiger partial charge in [0.25, 0.3) is 5.91 Å². The average Bonchev–Trinajstić information content (AvgIpc) is 3.46. The van der Waals surface area contributed by atoms with Crippen LogP contribution in [0.3, 0.4) is 0 Å². The first-order valence-corrected chi connectivity index (χ1v) is 12.2. The number of aliphatic carboxylic acids is 1. The lowest BCUT2D eigenvalue weighted by atomic mass is 9.87. The minimum absolute atomic E-state index is 0.0387. The fourth-order valence-electron chi connectivity index (χ4n) is 5.75. The number of alkyl carbamates (subject to hydrolysis) is 1. The summed E-state index contributed by atoms with van der Waals surface area (Å²) in [4.78, 5) is 39.8. The summed E-state index contributed by atoms with van der Waals surface area (Å²) in [5, 5.41) is 12.3. The SMILES string of the molecule is C[C@H]1[C@@H](C(=O)O)CCCN1C(=O)C1(NC(=O)OCC2c3ccccc3-c3ccccc32)CCOC1. The second kappa shape index (κ2) is 9.34. The lowest BCUT2D eigenvalue weighted by molar-refractivity contribution is -0.151. The summed E-state index contributed by atoms with van der Waals surface area (Å²) in [6.07, 6.45) is 0.778. The van der Waals surface area contributed by atoms with E-state index in [0.717, 1.165) is 22.3 Å². The zero-order chi connectivity index (χ0) is 24.6. The zero-order valence-electron chi connectivity index (χ0n) is 19.7. The number of carbonyl (C=O) groups excluding carboxylic acids is 2.